The van der Waals surface area contributed by atoms with E-state index in [1.54, 1.807) is 0 Å². The second-order valence-electron chi connectivity index (χ2n) is 5.45. The fourth-order valence-electron chi connectivity index (χ4n) is 2.58. The van der Waals surface area contributed by atoms with Gasteiger partial charge in [0.25, 0.3) is 0 Å². The summed E-state index contributed by atoms with van der Waals surface area (Å²) in [5.41, 5.74) is 2.35. The first-order valence-corrected chi connectivity index (χ1v) is 7.45. The topological polar surface area (TPSA) is 78.4 Å². The largest absolute Gasteiger partial charge is 0.480 e. The third kappa shape index (κ3) is 4.04. The van der Waals surface area contributed by atoms with Crippen LogP contribution in [0.5, 0.6) is 0 Å². The smallest absolute Gasteiger partial charge is 0.326 e. The number of hydrogen-bond donors (Lipinski definition) is 3. The average molecular weight is 290 g/mol. The lowest BCUT2D eigenvalue weighted by Crippen LogP contribution is -2.52. The first-order valence-electron chi connectivity index (χ1n) is 7.45. The first-order chi connectivity index (χ1) is 10.1. The Morgan fingerprint density at radius 2 is 2.10 bits per heavy atom. The van der Waals surface area contributed by atoms with Crippen LogP contribution in [-0.4, -0.2) is 29.1 Å². The molecule has 5 nitrogen and oxygen atoms in total. The van der Waals surface area contributed by atoms with Crippen LogP contribution >= 0.6 is 0 Å². The number of nitrogens with one attached hydrogen (secondary N) is 2. The molecule has 1 aliphatic rings. The monoisotopic (exact) mass is 290 g/mol. The summed E-state index contributed by atoms with van der Waals surface area (Å²) < 4.78 is 0. The van der Waals surface area contributed by atoms with Crippen LogP contribution in [0.4, 0.5) is 0 Å². The number of fused-ring (bicyclic) bond motifs is 1. The van der Waals surface area contributed by atoms with E-state index in [1.807, 2.05) is 31.2 Å². The Bertz CT molecular complexity index is 516. The van der Waals surface area contributed by atoms with Crippen molar-refractivity contribution in [1.82, 2.24) is 10.6 Å². The zero-order valence-electron chi connectivity index (χ0n) is 12.3. The molecule has 0 radical (unpaired) electrons. The van der Waals surface area contributed by atoms with Crippen LogP contribution in [0.15, 0.2) is 24.3 Å². The number of aliphatic carboxylic acids is 1. The van der Waals surface area contributed by atoms with Gasteiger partial charge in [-0.2, -0.15) is 0 Å². The Morgan fingerprint density at radius 3 is 2.76 bits per heavy atom. The Labute approximate surface area is 124 Å². The molecule has 2 atom stereocenters. The van der Waals surface area contributed by atoms with E-state index < -0.39 is 12.0 Å². The highest BCUT2D eigenvalue weighted by Crippen LogP contribution is 2.16. The Hall–Kier alpha value is -1.88. The van der Waals surface area contributed by atoms with Gasteiger partial charge in [0.1, 0.15) is 6.04 Å². The van der Waals surface area contributed by atoms with E-state index in [0.717, 1.165) is 18.4 Å². The van der Waals surface area contributed by atoms with Crippen molar-refractivity contribution >= 4 is 11.9 Å². The van der Waals surface area contributed by atoms with Gasteiger partial charge in [-0.1, -0.05) is 44.0 Å². The average Bonchev–Trinajstić information content (AvgIpc) is 2.50. The molecule has 1 amide bonds. The maximum absolute atomic E-state index is 12.2. The van der Waals surface area contributed by atoms with E-state index in [0.29, 0.717) is 19.4 Å². The summed E-state index contributed by atoms with van der Waals surface area (Å²) in [5.74, 6) is -1.19. The van der Waals surface area contributed by atoms with E-state index in [2.05, 4.69) is 10.6 Å². The van der Waals surface area contributed by atoms with Gasteiger partial charge in [-0.3, -0.25) is 4.79 Å². The molecule has 3 N–H and O–H groups in total. The maximum atomic E-state index is 12.2. The summed E-state index contributed by atoms with van der Waals surface area (Å²) in [6.07, 6.45) is 2.77. The van der Waals surface area contributed by atoms with Crippen LogP contribution in [0.3, 0.4) is 0 Å². The zero-order valence-corrected chi connectivity index (χ0v) is 12.3. The minimum Gasteiger partial charge on any atom is -0.480 e. The number of unbranched alkanes of at least 4 members (excludes halogenated alkanes) is 1. The summed E-state index contributed by atoms with van der Waals surface area (Å²) in [6, 6.07) is 6.84. The van der Waals surface area contributed by atoms with Crippen molar-refractivity contribution in [2.75, 3.05) is 0 Å². The second-order valence-corrected chi connectivity index (χ2v) is 5.45. The lowest BCUT2D eigenvalue weighted by Gasteiger charge is -2.26. The number of carboxylic acid groups (broad SMARTS) is 1. The molecule has 0 aromatic heterocycles. The molecule has 1 heterocycles. The number of benzene rings is 1. The van der Waals surface area contributed by atoms with Crippen molar-refractivity contribution in [3.63, 3.8) is 0 Å². The quantitative estimate of drug-likeness (QED) is 0.741. The predicted molar refractivity (Wildman–Crippen MR) is 79.9 cm³/mol. The number of carbonyl (C=O) groups is 2. The van der Waals surface area contributed by atoms with Gasteiger partial charge in [0.15, 0.2) is 0 Å². The van der Waals surface area contributed by atoms with Crippen LogP contribution in [-0.2, 0) is 22.6 Å². The molecule has 0 saturated heterocycles. The number of carboxylic acids is 1. The number of rotatable bonds is 6. The fourth-order valence-corrected chi connectivity index (χ4v) is 2.58. The van der Waals surface area contributed by atoms with Crippen molar-refractivity contribution in [2.45, 2.75) is 51.2 Å². The number of hydrogen-bond acceptors (Lipinski definition) is 3. The van der Waals surface area contributed by atoms with Crippen molar-refractivity contribution in [1.29, 1.82) is 0 Å². The van der Waals surface area contributed by atoms with Gasteiger partial charge in [-0.25, -0.2) is 4.79 Å². The lowest BCUT2D eigenvalue weighted by molar-refractivity contribution is -0.142. The van der Waals surface area contributed by atoms with Crippen LogP contribution in [0.1, 0.15) is 37.3 Å². The summed E-state index contributed by atoms with van der Waals surface area (Å²) in [6.45, 7) is 2.64. The van der Waals surface area contributed by atoms with Gasteiger partial charge in [-0.05, 0) is 24.0 Å². The lowest BCUT2D eigenvalue weighted by atomic mass is 9.95. The molecule has 1 aromatic rings. The van der Waals surface area contributed by atoms with Crippen molar-refractivity contribution in [3.8, 4) is 0 Å². The molecule has 0 aliphatic carbocycles. The molecular weight excluding hydrogens is 268 g/mol. The Morgan fingerprint density at radius 1 is 1.38 bits per heavy atom. The van der Waals surface area contributed by atoms with Gasteiger partial charge in [-0.15, -0.1) is 0 Å². The molecule has 0 fully saturated rings. The highest BCUT2D eigenvalue weighted by molar-refractivity contribution is 5.87. The third-order valence-electron chi connectivity index (χ3n) is 3.86. The van der Waals surface area contributed by atoms with E-state index in [1.165, 1.54) is 5.56 Å². The Kier molecular flexibility index (Phi) is 5.33. The fraction of sp³-hybridized carbons (Fsp3) is 0.500. The first kappa shape index (κ1) is 15.5. The molecule has 1 aliphatic heterocycles. The molecule has 0 spiro atoms. The van der Waals surface area contributed by atoms with Crippen LogP contribution in [0.25, 0.3) is 0 Å². The van der Waals surface area contributed by atoms with Crippen molar-refractivity contribution in [2.24, 2.45) is 0 Å². The van der Waals surface area contributed by atoms with Crippen LogP contribution in [0.2, 0.25) is 0 Å². The molecule has 0 bridgehead atoms. The predicted octanol–water partition coefficient (Wildman–Crippen LogP) is 1.46. The van der Waals surface area contributed by atoms with Gasteiger partial charge in [0.2, 0.25) is 5.91 Å². The third-order valence-corrected chi connectivity index (χ3v) is 3.86. The van der Waals surface area contributed by atoms with Gasteiger partial charge >= 0.3 is 5.97 Å². The highest BCUT2D eigenvalue weighted by Gasteiger charge is 2.27. The highest BCUT2D eigenvalue weighted by atomic mass is 16.4. The van der Waals surface area contributed by atoms with E-state index >= 15 is 0 Å². The Balaban J connectivity index is 1.96. The molecule has 114 valence electrons. The normalized spacial score (nSPS) is 18.6. The van der Waals surface area contributed by atoms with Gasteiger partial charge in [0.05, 0.1) is 6.04 Å². The molecule has 2 rings (SSSR count). The molecule has 5 heteroatoms. The SMILES string of the molecule is CCCCC(NC(=O)[C@@H]1Cc2ccccc2CN1)C(=O)O. The number of carbonyl (C=O) groups excluding carboxylic acids is 1. The van der Waals surface area contributed by atoms with Gasteiger partial charge < -0.3 is 15.7 Å². The van der Waals surface area contributed by atoms with E-state index in [-0.39, 0.29) is 11.9 Å². The molecule has 1 unspecified atom stereocenters. The van der Waals surface area contributed by atoms with Crippen LogP contribution < -0.4 is 10.6 Å². The molecule has 0 saturated carbocycles. The maximum Gasteiger partial charge on any atom is 0.326 e. The van der Waals surface area contributed by atoms with Gasteiger partial charge in [0, 0.05) is 6.54 Å². The summed E-state index contributed by atoms with van der Waals surface area (Å²) in [4.78, 5) is 23.4. The molecule has 21 heavy (non-hydrogen) atoms. The standard InChI is InChI=1S/C16H22N2O3/c1-2-3-8-13(16(20)21)18-15(19)14-9-11-6-4-5-7-12(11)10-17-14/h4-7,13-14,17H,2-3,8-10H2,1H3,(H,18,19)(H,20,21)/t13?,14-/m0/s1. The summed E-state index contributed by atoms with van der Waals surface area (Å²) in [7, 11) is 0. The molecule has 1 aromatic carbocycles. The minimum atomic E-state index is -0.965. The number of amides is 1. The van der Waals surface area contributed by atoms with Crippen LogP contribution in [0, 0.1) is 0 Å². The zero-order chi connectivity index (χ0) is 15.2. The molecular formula is C16H22N2O3. The van der Waals surface area contributed by atoms with Crippen molar-refractivity contribution in [3.05, 3.63) is 35.4 Å². The van der Waals surface area contributed by atoms with E-state index in [4.69, 9.17) is 5.11 Å². The summed E-state index contributed by atoms with van der Waals surface area (Å²) in [5, 5.41) is 15.0. The van der Waals surface area contributed by atoms with Crippen molar-refractivity contribution < 1.29 is 14.7 Å². The minimum absolute atomic E-state index is 0.229. The van der Waals surface area contributed by atoms with E-state index in [9.17, 15) is 9.59 Å². The second kappa shape index (κ2) is 7.22. The summed E-state index contributed by atoms with van der Waals surface area (Å²) >= 11 is 0.